The summed E-state index contributed by atoms with van der Waals surface area (Å²) in [7, 11) is 0. The van der Waals surface area contributed by atoms with Crippen LogP contribution in [0, 0.1) is 5.41 Å². The monoisotopic (exact) mass is 276 g/mol. The molecule has 0 aliphatic heterocycles. The second-order valence-electron chi connectivity index (χ2n) is 4.35. The van der Waals surface area contributed by atoms with Gasteiger partial charge in [-0.3, -0.25) is 0 Å². The lowest BCUT2D eigenvalue weighted by molar-refractivity contribution is 0.319. The number of thiophene rings is 1. The number of nitrogens with two attached hydrogens (primary N) is 2. The highest BCUT2D eigenvalue weighted by Crippen LogP contribution is 2.31. The number of hydrogen-bond acceptors (Lipinski definition) is 3. The van der Waals surface area contributed by atoms with Crippen molar-refractivity contribution in [3.05, 3.63) is 20.8 Å². The Balaban J connectivity index is 2.63. The van der Waals surface area contributed by atoms with E-state index in [9.17, 15) is 0 Å². The molecule has 0 radical (unpaired) electrons. The molecule has 0 aliphatic rings. The molecule has 14 heavy (non-hydrogen) atoms. The maximum absolute atomic E-state index is 6.10. The van der Waals surface area contributed by atoms with Gasteiger partial charge in [-0.15, -0.1) is 11.3 Å². The van der Waals surface area contributed by atoms with Crippen LogP contribution in [0.15, 0.2) is 15.9 Å². The van der Waals surface area contributed by atoms with Gasteiger partial charge in [0.1, 0.15) is 0 Å². The zero-order valence-corrected chi connectivity index (χ0v) is 11.0. The third-order valence-electron chi connectivity index (χ3n) is 2.28. The fourth-order valence-electron chi connectivity index (χ4n) is 1.30. The number of hydrogen-bond donors (Lipinski definition) is 2. The number of rotatable bonds is 4. The van der Waals surface area contributed by atoms with Crippen molar-refractivity contribution in [2.24, 2.45) is 16.9 Å². The SMILES string of the molecule is CC(C)(CN)CC(N)c1cc(Br)cs1. The molecule has 0 aromatic carbocycles. The molecule has 0 spiro atoms. The van der Waals surface area contributed by atoms with E-state index in [0.717, 1.165) is 10.9 Å². The molecule has 0 bridgehead atoms. The molecule has 0 saturated carbocycles. The van der Waals surface area contributed by atoms with Crippen LogP contribution in [0.4, 0.5) is 0 Å². The van der Waals surface area contributed by atoms with E-state index in [2.05, 4.69) is 41.2 Å². The molecule has 0 amide bonds. The van der Waals surface area contributed by atoms with Gasteiger partial charge in [-0.2, -0.15) is 0 Å². The average Bonchev–Trinajstić information content (AvgIpc) is 2.51. The van der Waals surface area contributed by atoms with Gasteiger partial charge in [0.25, 0.3) is 0 Å². The van der Waals surface area contributed by atoms with Crippen molar-refractivity contribution in [3.63, 3.8) is 0 Å². The van der Waals surface area contributed by atoms with Crippen molar-refractivity contribution in [3.8, 4) is 0 Å². The van der Waals surface area contributed by atoms with Crippen LogP contribution in [-0.2, 0) is 0 Å². The Kier molecular flexibility index (Phi) is 4.13. The summed E-state index contributed by atoms with van der Waals surface area (Å²) >= 11 is 5.12. The van der Waals surface area contributed by atoms with Crippen LogP contribution in [-0.4, -0.2) is 6.54 Å². The minimum atomic E-state index is 0.102. The zero-order chi connectivity index (χ0) is 10.8. The second kappa shape index (κ2) is 4.75. The minimum Gasteiger partial charge on any atom is -0.330 e. The van der Waals surface area contributed by atoms with Gasteiger partial charge in [-0.1, -0.05) is 13.8 Å². The first-order valence-corrected chi connectivity index (χ1v) is 6.31. The predicted molar refractivity (Wildman–Crippen MR) is 66.4 cm³/mol. The fraction of sp³-hybridized carbons (Fsp3) is 0.600. The zero-order valence-electron chi connectivity index (χ0n) is 8.59. The lowest BCUT2D eigenvalue weighted by Crippen LogP contribution is -2.28. The average molecular weight is 277 g/mol. The van der Waals surface area contributed by atoms with Crippen LogP contribution >= 0.6 is 27.3 Å². The molecule has 4 N–H and O–H groups in total. The molecule has 1 aromatic rings. The quantitative estimate of drug-likeness (QED) is 0.889. The summed E-state index contributed by atoms with van der Waals surface area (Å²) in [4.78, 5) is 1.22. The molecule has 1 aromatic heterocycles. The highest BCUT2D eigenvalue weighted by molar-refractivity contribution is 9.10. The largest absolute Gasteiger partial charge is 0.330 e. The molecule has 0 fully saturated rings. The summed E-state index contributed by atoms with van der Waals surface area (Å²) in [5.41, 5.74) is 11.9. The van der Waals surface area contributed by atoms with Crippen molar-refractivity contribution < 1.29 is 0 Å². The Labute approximate surface area is 97.8 Å². The van der Waals surface area contributed by atoms with Gasteiger partial charge in [-0.25, -0.2) is 0 Å². The maximum Gasteiger partial charge on any atom is 0.0395 e. The topological polar surface area (TPSA) is 52.0 Å². The van der Waals surface area contributed by atoms with E-state index in [1.165, 1.54) is 4.88 Å². The predicted octanol–water partition coefficient (Wildman–Crippen LogP) is 2.89. The summed E-state index contributed by atoms with van der Waals surface area (Å²) in [6.45, 7) is 4.97. The van der Waals surface area contributed by atoms with Crippen molar-refractivity contribution in [1.82, 2.24) is 0 Å². The highest BCUT2D eigenvalue weighted by atomic mass is 79.9. The van der Waals surface area contributed by atoms with E-state index in [1.807, 2.05) is 0 Å². The first kappa shape index (κ1) is 12.2. The first-order valence-electron chi connectivity index (χ1n) is 4.64. The van der Waals surface area contributed by atoms with Crippen molar-refractivity contribution in [1.29, 1.82) is 0 Å². The molecule has 4 heteroatoms. The number of halogens is 1. The van der Waals surface area contributed by atoms with Crippen molar-refractivity contribution >= 4 is 27.3 Å². The maximum atomic E-state index is 6.10. The van der Waals surface area contributed by atoms with E-state index < -0.39 is 0 Å². The Bertz CT molecular complexity index is 296. The lowest BCUT2D eigenvalue weighted by Gasteiger charge is -2.25. The van der Waals surface area contributed by atoms with Crippen LogP contribution in [0.3, 0.4) is 0 Å². The molecule has 1 rings (SSSR count). The third-order valence-corrected chi connectivity index (χ3v) is 4.10. The molecule has 2 nitrogen and oxygen atoms in total. The Morgan fingerprint density at radius 2 is 2.21 bits per heavy atom. The van der Waals surface area contributed by atoms with E-state index in [1.54, 1.807) is 11.3 Å². The summed E-state index contributed by atoms with van der Waals surface area (Å²) in [5, 5.41) is 2.06. The van der Waals surface area contributed by atoms with Crippen molar-refractivity contribution in [2.45, 2.75) is 26.3 Å². The van der Waals surface area contributed by atoms with Gasteiger partial charge in [0.15, 0.2) is 0 Å². The summed E-state index contributed by atoms with van der Waals surface area (Å²) in [5.74, 6) is 0. The van der Waals surface area contributed by atoms with Gasteiger partial charge in [0, 0.05) is 20.8 Å². The minimum absolute atomic E-state index is 0.102. The molecule has 1 unspecified atom stereocenters. The summed E-state index contributed by atoms with van der Waals surface area (Å²) < 4.78 is 1.11. The van der Waals surface area contributed by atoms with Gasteiger partial charge < -0.3 is 11.5 Å². The lowest BCUT2D eigenvalue weighted by atomic mass is 9.86. The van der Waals surface area contributed by atoms with Gasteiger partial charge >= 0.3 is 0 Å². The molecular formula is C10H17BrN2S. The molecule has 1 heterocycles. The van der Waals surface area contributed by atoms with E-state index >= 15 is 0 Å². The van der Waals surface area contributed by atoms with Crippen molar-refractivity contribution in [2.75, 3.05) is 6.54 Å². The van der Waals surface area contributed by atoms with Crippen LogP contribution in [0.25, 0.3) is 0 Å². The smallest absolute Gasteiger partial charge is 0.0395 e. The molecular weight excluding hydrogens is 260 g/mol. The van der Waals surface area contributed by atoms with Gasteiger partial charge in [0.05, 0.1) is 0 Å². The van der Waals surface area contributed by atoms with Crippen LogP contribution in [0.2, 0.25) is 0 Å². The Morgan fingerprint density at radius 1 is 1.57 bits per heavy atom. The molecule has 80 valence electrons. The summed E-state index contributed by atoms with van der Waals surface area (Å²) in [6, 6.07) is 2.19. The van der Waals surface area contributed by atoms with Gasteiger partial charge in [-0.05, 0) is 40.4 Å². The Hall–Kier alpha value is 0.1000. The standard InChI is InChI=1S/C10H17BrN2S/c1-10(2,6-12)4-8(13)9-3-7(11)5-14-9/h3,5,8H,4,6,12-13H2,1-2H3. The van der Waals surface area contributed by atoms with E-state index in [-0.39, 0.29) is 11.5 Å². The van der Waals surface area contributed by atoms with Crippen LogP contribution in [0.5, 0.6) is 0 Å². The fourth-order valence-corrected chi connectivity index (χ4v) is 2.75. The normalized spacial score (nSPS) is 14.4. The van der Waals surface area contributed by atoms with Crippen LogP contribution in [0.1, 0.15) is 31.2 Å². The third kappa shape index (κ3) is 3.35. The first-order chi connectivity index (χ1) is 6.44. The molecule has 0 saturated heterocycles. The van der Waals surface area contributed by atoms with E-state index in [0.29, 0.717) is 6.54 Å². The summed E-state index contributed by atoms with van der Waals surface area (Å²) in [6.07, 6.45) is 0.927. The van der Waals surface area contributed by atoms with Gasteiger partial charge in [0.2, 0.25) is 0 Å². The second-order valence-corrected chi connectivity index (χ2v) is 6.20. The molecule has 1 atom stereocenters. The molecule has 0 aliphatic carbocycles. The Morgan fingerprint density at radius 3 is 2.64 bits per heavy atom. The van der Waals surface area contributed by atoms with Crippen LogP contribution < -0.4 is 11.5 Å². The highest BCUT2D eigenvalue weighted by Gasteiger charge is 2.21. The van der Waals surface area contributed by atoms with E-state index in [4.69, 9.17) is 11.5 Å².